The highest BCUT2D eigenvalue weighted by atomic mass is 16.6. The van der Waals surface area contributed by atoms with E-state index in [0.29, 0.717) is 0 Å². The van der Waals surface area contributed by atoms with Crippen molar-refractivity contribution in [3.63, 3.8) is 0 Å². The summed E-state index contributed by atoms with van der Waals surface area (Å²) in [6, 6.07) is 6.81. The molecule has 1 aromatic rings. The summed E-state index contributed by atoms with van der Waals surface area (Å²) in [7, 11) is 0. The van der Waals surface area contributed by atoms with Crippen molar-refractivity contribution in [2.45, 2.75) is 5.92 Å². The highest BCUT2D eigenvalue weighted by Crippen LogP contribution is 2.25. The molecule has 0 fully saturated rings. The van der Waals surface area contributed by atoms with Crippen molar-refractivity contribution in [3.05, 3.63) is 39.9 Å². The molecular formula is C9H6N2O4. The van der Waals surface area contributed by atoms with Crippen LogP contribution in [-0.4, -0.2) is 16.0 Å². The predicted octanol–water partition coefficient (Wildman–Crippen LogP) is 1.29. The van der Waals surface area contributed by atoms with Gasteiger partial charge in [-0.3, -0.25) is 14.9 Å². The van der Waals surface area contributed by atoms with Crippen LogP contribution in [0.5, 0.6) is 0 Å². The number of rotatable bonds is 3. The molecule has 1 rings (SSSR count). The van der Waals surface area contributed by atoms with Crippen molar-refractivity contribution >= 4 is 11.7 Å². The van der Waals surface area contributed by atoms with Crippen molar-refractivity contribution in [3.8, 4) is 6.07 Å². The Morgan fingerprint density at radius 1 is 1.53 bits per heavy atom. The van der Waals surface area contributed by atoms with Crippen molar-refractivity contribution in [1.82, 2.24) is 0 Å². The van der Waals surface area contributed by atoms with E-state index >= 15 is 0 Å². The monoisotopic (exact) mass is 206 g/mol. The van der Waals surface area contributed by atoms with Gasteiger partial charge in [0.25, 0.3) is 5.69 Å². The van der Waals surface area contributed by atoms with Gasteiger partial charge in [0, 0.05) is 6.07 Å². The van der Waals surface area contributed by atoms with Crippen molar-refractivity contribution in [1.29, 1.82) is 5.26 Å². The standard InChI is InChI=1S/C9H6N2O4/c10-5-7(9(12)13)6-3-1-2-4-8(6)11(14)15/h1-4,7H,(H,12,13). The van der Waals surface area contributed by atoms with E-state index < -0.39 is 16.8 Å². The third-order valence-electron chi connectivity index (χ3n) is 1.82. The number of carboxylic acids is 1. The zero-order valence-electron chi connectivity index (χ0n) is 7.45. The molecule has 1 aromatic carbocycles. The fourth-order valence-corrected chi connectivity index (χ4v) is 1.16. The van der Waals surface area contributed by atoms with Crippen LogP contribution in [0.1, 0.15) is 11.5 Å². The lowest BCUT2D eigenvalue weighted by Gasteiger charge is -2.04. The van der Waals surface area contributed by atoms with Crippen LogP contribution in [0.3, 0.4) is 0 Å². The lowest BCUT2D eigenvalue weighted by Crippen LogP contribution is -2.11. The summed E-state index contributed by atoms with van der Waals surface area (Å²) >= 11 is 0. The smallest absolute Gasteiger partial charge is 0.325 e. The molecule has 0 aromatic heterocycles. The molecule has 76 valence electrons. The first-order chi connectivity index (χ1) is 7.07. The molecule has 0 spiro atoms. The summed E-state index contributed by atoms with van der Waals surface area (Å²) in [4.78, 5) is 20.5. The first kappa shape index (κ1) is 10.7. The van der Waals surface area contributed by atoms with Crippen molar-refractivity contribution < 1.29 is 14.8 Å². The Kier molecular flexibility index (Phi) is 2.98. The van der Waals surface area contributed by atoms with E-state index in [1.165, 1.54) is 30.3 Å². The molecule has 0 heterocycles. The van der Waals surface area contributed by atoms with E-state index in [4.69, 9.17) is 10.4 Å². The van der Waals surface area contributed by atoms with Gasteiger partial charge in [0.2, 0.25) is 0 Å². The van der Waals surface area contributed by atoms with E-state index in [9.17, 15) is 14.9 Å². The minimum Gasteiger partial charge on any atom is -0.480 e. The minimum atomic E-state index is -1.51. The lowest BCUT2D eigenvalue weighted by atomic mass is 9.99. The molecule has 0 aliphatic carbocycles. The van der Waals surface area contributed by atoms with Crippen LogP contribution in [0.4, 0.5) is 5.69 Å². The quantitative estimate of drug-likeness (QED) is 0.592. The van der Waals surface area contributed by atoms with Gasteiger partial charge in [-0.15, -0.1) is 0 Å². The molecule has 0 aliphatic rings. The van der Waals surface area contributed by atoms with Crippen LogP contribution < -0.4 is 0 Å². The highest BCUT2D eigenvalue weighted by Gasteiger charge is 2.26. The summed E-state index contributed by atoms with van der Waals surface area (Å²) in [5.74, 6) is -2.90. The van der Waals surface area contributed by atoms with E-state index in [0.717, 1.165) is 0 Å². The third kappa shape index (κ3) is 2.08. The second-order valence-electron chi connectivity index (χ2n) is 2.72. The zero-order valence-corrected chi connectivity index (χ0v) is 7.45. The molecule has 1 atom stereocenters. The number of nitro groups is 1. The Balaban J connectivity index is 3.30. The number of hydrogen-bond acceptors (Lipinski definition) is 4. The maximum absolute atomic E-state index is 10.7. The maximum Gasteiger partial charge on any atom is 0.325 e. The van der Waals surface area contributed by atoms with Crippen LogP contribution in [0.25, 0.3) is 0 Å². The van der Waals surface area contributed by atoms with Gasteiger partial charge < -0.3 is 5.11 Å². The van der Waals surface area contributed by atoms with E-state index in [1.54, 1.807) is 0 Å². The van der Waals surface area contributed by atoms with Gasteiger partial charge in [-0.05, 0) is 0 Å². The molecule has 6 heteroatoms. The van der Waals surface area contributed by atoms with Gasteiger partial charge in [-0.2, -0.15) is 5.26 Å². The zero-order chi connectivity index (χ0) is 11.4. The van der Waals surface area contributed by atoms with Crippen LogP contribution in [0.15, 0.2) is 24.3 Å². The number of hydrogen-bond donors (Lipinski definition) is 1. The molecular weight excluding hydrogens is 200 g/mol. The molecule has 15 heavy (non-hydrogen) atoms. The second kappa shape index (κ2) is 4.19. The number of carboxylic acid groups (broad SMARTS) is 1. The summed E-state index contributed by atoms with van der Waals surface area (Å²) in [6.07, 6.45) is 0. The number of benzene rings is 1. The number of carbonyl (C=O) groups is 1. The average Bonchev–Trinajstić information content (AvgIpc) is 2.18. The number of nitro benzene ring substituents is 1. The van der Waals surface area contributed by atoms with E-state index in [-0.39, 0.29) is 11.3 Å². The van der Waals surface area contributed by atoms with Crippen molar-refractivity contribution in [2.24, 2.45) is 0 Å². The first-order valence-corrected chi connectivity index (χ1v) is 3.93. The van der Waals surface area contributed by atoms with E-state index in [1.807, 2.05) is 0 Å². The summed E-state index contributed by atoms with van der Waals surface area (Å²) in [5, 5.41) is 27.9. The molecule has 0 saturated heterocycles. The van der Waals surface area contributed by atoms with Crippen LogP contribution in [-0.2, 0) is 4.79 Å². The molecule has 1 unspecified atom stereocenters. The predicted molar refractivity (Wildman–Crippen MR) is 49.1 cm³/mol. The average molecular weight is 206 g/mol. The normalized spacial score (nSPS) is 11.4. The maximum atomic E-state index is 10.7. The van der Waals surface area contributed by atoms with Gasteiger partial charge in [-0.25, -0.2) is 0 Å². The molecule has 1 N–H and O–H groups in total. The van der Waals surface area contributed by atoms with Gasteiger partial charge in [0.15, 0.2) is 5.92 Å². The van der Waals surface area contributed by atoms with Crippen LogP contribution >= 0.6 is 0 Å². The van der Waals surface area contributed by atoms with Crippen LogP contribution in [0, 0.1) is 21.4 Å². The highest BCUT2D eigenvalue weighted by molar-refractivity contribution is 5.81. The Morgan fingerprint density at radius 2 is 2.13 bits per heavy atom. The van der Waals surface area contributed by atoms with Gasteiger partial charge in [0.05, 0.1) is 16.6 Å². The van der Waals surface area contributed by atoms with Gasteiger partial charge in [-0.1, -0.05) is 18.2 Å². The molecule has 0 radical (unpaired) electrons. The first-order valence-electron chi connectivity index (χ1n) is 3.93. The van der Waals surface area contributed by atoms with Crippen LogP contribution in [0.2, 0.25) is 0 Å². The Bertz CT molecular complexity index is 450. The Hall–Kier alpha value is -2.42. The number of nitrogens with zero attached hydrogens (tertiary/aromatic N) is 2. The van der Waals surface area contributed by atoms with Gasteiger partial charge in [0.1, 0.15) is 0 Å². The fraction of sp³-hybridized carbons (Fsp3) is 0.111. The molecule has 6 nitrogen and oxygen atoms in total. The lowest BCUT2D eigenvalue weighted by molar-refractivity contribution is -0.385. The summed E-state index contributed by atoms with van der Waals surface area (Å²) in [5.41, 5.74) is -0.455. The van der Waals surface area contributed by atoms with Crippen molar-refractivity contribution in [2.75, 3.05) is 0 Å². The topological polar surface area (TPSA) is 104 Å². The molecule has 0 aliphatic heterocycles. The molecule has 0 amide bonds. The largest absolute Gasteiger partial charge is 0.480 e. The molecule has 0 saturated carbocycles. The van der Waals surface area contributed by atoms with E-state index in [2.05, 4.69) is 0 Å². The molecule has 0 bridgehead atoms. The Morgan fingerprint density at radius 3 is 2.60 bits per heavy atom. The third-order valence-corrected chi connectivity index (χ3v) is 1.82. The number of para-hydroxylation sites is 1. The Labute approximate surface area is 84.5 Å². The summed E-state index contributed by atoms with van der Waals surface area (Å²) in [6.45, 7) is 0. The number of aliphatic carboxylic acids is 1. The minimum absolute atomic E-state index is 0.0995. The van der Waals surface area contributed by atoms with Gasteiger partial charge >= 0.3 is 5.97 Å². The fourth-order valence-electron chi connectivity index (χ4n) is 1.16. The summed E-state index contributed by atoms with van der Waals surface area (Å²) < 4.78 is 0. The number of nitriles is 1. The second-order valence-corrected chi connectivity index (χ2v) is 2.72. The SMILES string of the molecule is N#CC(C(=O)O)c1ccccc1[N+](=O)[O-].